The maximum atomic E-state index is 13.9. The molecule has 0 radical (unpaired) electrons. The molecular weight excluding hydrogens is 564 g/mol. The first-order valence-electron chi connectivity index (χ1n) is 14.0. The molecule has 1 aromatic heterocycles. The van der Waals surface area contributed by atoms with Crippen molar-refractivity contribution in [2.45, 2.75) is 39.6 Å². The Hall–Kier alpha value is -5.57. The number of carbonyl (C=O) groups excluding carboxylic acids is 2. The highest BCUT2D eigenvalue weighted by Crippen LogP contribution is 2.49. The van der Waals surface area contributed by atoms with Crippen LogP contribution in [0.15, 0.2) is 100 Å². The SMILES string of the molecule is CC(=O)Oc1c(-c2ccc3c(c2)OC(c2ccccc2)(c2ccccc2)O3)oc2cc(OC(C)C)cc(OC(C)=O)c2c1=O. The fraction of sp³-hybridized carbons (Fsp3) is 0.171. The van der Waals surface area contributed by atoms with Gasteiger partial charge < -0.3 is 28.1 Å². The lowest BCUT2D eigenvalue weighted by molar-refractivity contribution is -0.133. The highest BCUT2D eigenvalue weighted by Gasteiger charge is 2.45. The Bertz CT molecular complexity index is 1900. The molecular formula is C35H28O9. The molecule has 1 aliphatic rings. The minimum atomic E-state index is -1.27. The van der Waals surface area contributed by atoms with Gasteiger partial charge in [0.1, 0.15) is 22.5 Å². The molecule has 0 saturated heterocycles. The van der Waals surface area contributed by atoms with E-state index in [9.17, 15) is 14.4 Å². The summed E-state index contributed by atoms with van der Waals surface area (Å²) in [5.74, 6) is -1.98. The molecule has 0 fully saturated rings. The molecule has 0 aliphatic carbocycles. The van der Waals surface area contributed by atoms with Crippen LogP contribution >= 0.6 is 0 Å². The lowest BCUT2D eigenvalue weighted by atomic mass is 9.97. The Morgan fingerprint density at radius 3 is 1.95 bits per heavy atom. The van der Waals surface area contributed by atoms with Gasteiger partial charge >= 0.3 is 17.7 Å². The molecule has 2 heterocycles. The summed E-state index contributed by atoms with van der Waals surface area (Å²) in [6.07, 6.45) is -0.215. The molecule has 9 heteroatoms. The topological polar surface area (TPSA) is 110 Å². The van der Waals surface area contributed by atoms with Gasteiger partial charge in [-0.1, -0.05) is 60.7 Å². The van der Waals surface area contributed by atoms with Gasteiger partial charge in [0.25, 0.3) is 0 Å². The maximum Gasteiger partial charge on any atom is 0.308 e. The van der Waals surface area contributed by atoms with Crippen molar-refractivity contribution in [2.24, 2.45) is 0 Å². The standard InChI is InChI=1S/C35H28O9/c1-20(2)39-26-18-29(40-21(3)36)31-30(19-26)42-33(34(32(31)38)41-22(4)37)23-15-16-27-28(17-23)44-35(43-27,24-11-7-5-8-12-24)25-13-9-6-10-14-25/h5-20H,1-4H3. The Labute approximate surface area is 252 Å². The van der Waals surface area contributed by atoms with Crippen LogP contribution in [0.3, 0.4) is 0 Å². The Morgan fingerprint density at radius 2 is 1.36 bits per heavy atom. The van der Waals surface area contributed by atoms with E-state index >= 15 is 0 Å². The van der Waals surface area contributed by atoms with Crippen molar-refractivity contribution >= 4 is 22.9 Å². The summed E-state index contributed by atoms with van der Waals surface area (Å²) >= 11 is 0. The van der Waals surface area contributed by atoms with E-state index in [2.05, 4.69) is 0 Å². The number of benzene rings is 4. The summed E-state index contributed by atoms with van der Waals surface area (Å²) in [7, 11) is 0. The summed E-state index contributed by atoms with van der Waals surface area (Å²) in [4.78, 5) is 37.9. The highest BCUT2D eigenvalue weighted by atomic mass is 16.7. The summed E-state index contributed by atoms with van der Waals surface area (Å²) < 4.78 is 35.9. The molecule has 0 bridgehead atoms. The first kappa shape index (κ1) is 28.5. The zero-order valence-corrected chi connectivity index (χ0v) is 24.4. The van der Waals surface area contributed by atoms with E-state index in [1.807, 2.05) is 74.5 Å². The quantitative estimate of drug-likeness (QED) is 0.149. The second kappa shape index (κ2) is 11.3. The van der Waals surface area contributed by atoms with Gasteiger partial charge in [-0.2, -0.15) is 0 Å². The molecule has 0 spiro atoms. The van der Waals surface area contributed by atoms with Crippen LogP contribution < -0.4 is 29.1 Å². The zero-order valence-electron chi connectivity index (χ0n) is 24.4. The van der Waals surface area contributed by atoms with Crippen molar-refractivity contribution in [3.8, 4) is 40.1 Å². The Morgan fingerprint density at radius 1 is 0.750 bits per heavy atom. The number of hydrogen-bond donors (Lipinski definition) is 0. The number of rotatable bonds is 7. The molecule has 9 nitrogen and oxygen atoms in total. The summed E-state index contributed by atoms with van der Waals surface area (Å²) in [6, 6.07) is 27.0. The Kier molecular flexibility index (Phi) is 7.30. The maximum absolute atomic E-state index is 13.9. The van der Waals surface area contributed by atoms with Crippen molar-refractivity contribution in [2.75, 3.05) is 0 Å². The third kappa shape index (κ3) is 5.24. The van der Waals surface area contributed by atoms with Gasteiger partial charge in [0, 0.05) is 42.7 Å². The van der Waals surface area contributed by atoms with Crippen LogP contribution in [0.1, 0.15) is 38.8 Å². The van der Waals surface area contributed by atoms with E-state index in [-0.39, 0.29) is 34.3 Å². The van der Waals surface area contributed by atoms with Gasteiger partial charge in [0.15, 0.2) is 17.3 Å². The van der Waals surface area contributed by atoms with Crippen molar-refractivity contribution < 1.29 is 37.7 Å². The van der Waals surface area contributed by atoms with Crippen molar-refractivity contribution in [3.05, 3.63) is 112 Å². The monoisotopic (exact) mass is 592 g/mol. The predicted molar refractivity (Wildman–Crippen MR) is 161 cm³/mol. The first-order chi connectivity index (χ1) is 21.1. The number of esters is 2. The highest BCUT2D eigenvalue weighted by molar-refractivity contribution is 5.91. The summed E-state index contributed by atoms with van der Waals surface area (Å²) in [5.41, 5.74) is 1.29. The Balaban J connectivity index is 1.53. The van der Waals surface area contributed by atoms with E-state index in [1.54, 1.807) is 18.2 Å². The van der Waals surface area contributed by atoms with Crippen LogP contribution in [0.2, 0.25) is 0 Å². The lowest BCUT2D eigenvalue weighted by Crippen LogP contribution is -2.36. The third-order valence-electron chi connectivity index (χ3n) is 6.78. The lowest BCUT2D eigenvalue weighted by Gasteiger charge is -2.28. The second-order valence-corrected chi connectivity index (χ2v) is 10.5. The molecule has 1 aliphatic heterocycles. The van der Waals surface area contributed by atoms with Gasteiger partial charge in [-0.25, -0.2) is 0 Å². The van der Waals surface area contributed by atoms with E-state index in [1.165, 1.54) is 26.0 Å². The molecule has 0 amide bonds. The van der Waals surface area contributed by atoms with E-state index in [4.69, 9.17) is 28.1 Å². The van der Waals surface area contributed by atoms with Gasteiger partial charge in [-0.05, 0) is 32.0 Å². The zero-order chi connectivity index (χ0) is 31.0. The molecule has 5 aromatic rings. The summed E-state index contributed by atoms with van der Waals surface area (Å²) in [5, 5.41) is -0.0794. The van der Waals surface area contributed by atoms with Crippen molar-refractivity contribution in [1.29, 1.82) is 0 Å². The van der Waals surface area contributed by atoms with Crippen LogP contribution in [-0.4, -0.2) is 18.0 Å². The molecule has 6 rings (SSSR count). The van der Waals surface area contributed by atoms with Crippen LogP contribution in [0.25, 0.3) is 22.3 Å². The van der Waals surface area contributed by atoms with E-state index < -0.39 is 23.2 Å². The molecule has 4 aromatic carbocycles. The molecule has 0 atom stereocenters. The van der Waals surface area contributed by atoms with E-state index in [0.29, 0.717) is 22.8 Å². The predicted octanol–water partition coefficient (Wildman–Crippen LogP) is 6.77. The normalized spacial score (nSPS) is 13.1. The number of hydrogen-bond acceptors (Lipinski definition) is 9. The van der Waals surface area contributed by atoms with Crippen LogP contribution in [0.5, 0.6) is 28.7 Å². The number of fused-ring (bicyclic) bond motifs is 2. The van der Waals surface area contributed by atoms with E-state index in [0.717, 1.165) is 11.1 Å². The second-order valence-electron chi connectivity index (χ2n) is 10.5. The van der Waals surface area contributed by atoms with Gasteiger partial charge in [0.2, 0.25) is 11.2 Å². The van der Waals surface area contributed by atoms with Crippen molar-refractivity contribution in [3.63, 3.8) is 0 Å². The minimum absolute atomic E-state index is 0.0310. The molecule has 44 heavy (non-hydrogen) atoms. The fourth-order valence-electron chi connectivity index (χ4n) is 5.11. The van der Waals surface area contributed by atoms with Gasteiger partial charge in [-0.15, -0.1) is 0 Å². The van der Waals surface area contributed by atoms with Gasteiger partial charge in [0.05, 0.1) is 6.10 Å². The van der Waals surface area contributed by atoms with Gasteiger partial charge in [-0.3, -0.25) is 14.4 Å². The van der Waals surface area contributed by atoms with Crippen LogP contribution in [0.4, 0.5) is 0 Å². The van der Waals surface area contributed by atoms with Crippen molar-refractivity contribution in [1.82, 2.24) is 0 Å². The molecule has 0 unspecified atom stereocenters. The summed E-state index contributed by atoms with van der Waals surface area (Å²) in [6.45, 7) is 6.05. The largest absolute Gasteiger partial charge is 0.491 e. The molecule has 0 saturated carbocycles. The fourth-order valence-corrected chi connectivity index (χ4v) is 5.11. The first-order valence-corrected chi connectivity index (χ1v) is 14.0. The third-order valence-corrected chi connectivity index (χ3v) is 6.78. The van der Waals surface area contributed by atoms with Crippen LogP contribution in [-0.2, 0) is 15.4 Å². The smallest absolute Gasteiger partial charge is 0.308 e. The average molecular weight is 593 g/mol. The average Bonchev–Trinajstić information content (AvgIpc) is 3.39. The number of ether oxygens (including phenoxy) is 5. The molecule has 0 N–H and O–H groups in total. The number of carbonyl (C=O) groups is 2. The molecule has 222 valence electrons. The van der Waals surface area contributed by atoms with Crippen LogP contribution in [0, 0.1) is 0 Å². The minimum Gasteiger partial charge on any atom is -0.491 e.